The number of aromatic nitrogens is 1. The average Bonchev–Trinajstić information content (AvgIpc) is 2.31. The number of hydrogen-bond acceptors (Lipinski definition) is 3. The third kappa shape index (κ3) is 4.02. The highest BCUT2D eigenvalue weighted by Crippen LogP contribution is 2.21. The topological polar surface area (TPSA) is 25.4 Å². The molecular formula is C12H18Cl2N2O. The third-order valence-corrected chi connectivity index (χ3v) is 3.08. The van der Waals surface area contributed by atoms with Gasteiger partial charge in [0.1, 0.15) is 5.82 Å². The second-order valence-electron chi connectivity index (χ2n) is 4.01. The van der Waals surface area contributed by atoms with Crippen LogP contribution in [0.3, 0.4) is 0 Å². The van der Waals surface area contributed by atoms with E-state index in [4.69, 9.17) is 27.9 Å². The van der Waals surface area contributed by atoms with Gasteiger partial charge in [0.25, 0.3) is 0 Å². The predicted octanol–water partition coefficient (Wildman–Crippen LogP) is 3.34. The van der Waals surface area contributed by atoms with E-state index in [0.29, 0.717) is 29.2 Å². The van der Waals surface area contributed by atoms with Gasteiger partial charge in [0, 0.05) is 19.7 Å². The maximum atomic E-state index is 5.99. The van der Waals surface area contributed by atoms with Crippen molar-refractivity contribution in [1.29, 1.82) is 0 Å². The lowest BCUT2D eigenvalue weighted by Crippen LogP contribution is -2.34. The summed E-state index contributed by atoms with van der Waals surface area (Å²) in [4.78, 5) is 6.63. The van der Waals surface area contributed by atoms with Crippen LogP contribution in [0.5, 0.6) is 0 Å². The van der Waals surface area contributed by atoms with E-state index in [9.17, 15) is 0 Å². The van der Waals surface area contributed by atoms with E-state index in [1.165, 1.54) is 0 Å². The molecule has 0 bridgehead atoms. The average molecular weight is 277 g/mol. The van der Waals surface area contributed by atoms with E-state index in [1.807, 2.05) is 12.1 Å². The quantitative estimate of drug-likeness (QED) is 0.746. The van der Waals surface area contributed by atoms with E-state index < -0.39 is 0 Å². The van der Waals surface area contributed by atoms with Gasteiger partial charge >= 0.3 is 0 Å². The molecule has 0 unspecified atom stereocenters. The fourth-order valence-corrected chi connectivity index (χ4v) is 2.00. The number of halogens is 2. The van der Waals surface area contributed by atoms with Gasteiger partial charge in [0.2, 0.25) is 0 Å². The lowest BCUT2D eigenvalue weighted by atomic mass is 10.3. The van der Waals surface area contributed by atoms with Gasteiger partial charge in [-0.3, -0.25) is 0 Å². The third-order valence-electron chi connectivity index (χ3n) is 2.48. The Bertz CT molecular complexity index is 358. The minimum Gasteiger partial charge on any atom is -0.383 e. The molecule has 1 rings (SSSR count). The number of hydrogen-bond donors (Lipinski definition) is 0. The Kier molecular flexibility index (Phi) is 6.03. The number of anilines is 1. The summed E-state index contributed by atoms with van der Waals surface area (Å²) >= 11 is 11.8. The summed E-state index contributed by atoms with van der Waals surface area (Å²) in [5, 5.41) is 0.610. The maximum Gasteiger partial charge on any atom is 0.129 e. The first-order valence-electron chi connectivity index (χ1n) is 5.57. The molecule has 0 atom stereocenters. The smallest absolute Gasteiger partial charge is 0.129 e. The van der Waals surface area contributed by atoms with Gasteiger partial charge in [0.05, 0.1) is 23.2 Å². The molecule has 0 aliphatic carbocycles. The number of methoxy groups -OCH3 is 1. The molecule has 3 nitrogen and oxygen atoms in total. The fourth-order valence-electron chi connectivity index (χ4n) is 1.55. The summed E-state index contributed by atoms with van der Waals surface area (Å²) < 4.78 is 5.10. The van der Waals surface area contributed by atoms with E-state index in [1.54, 1.807) is 7.11 Å². The van der Waals surface area contributed by atoms with Crippen LogP contribution in [0.1, 0.15) is 19.5 Å². The lowest BCUT2D eigenvalue weighted by molar-refractivity contribution is 0.203. The first-order valence-corrected chi connectivity index (χ1v) is 6.48. The van der Waals surface area contributed by atoms with Crippen molar-refractivity contribution in [2.24, 2.45) is 0 Å². The molecule has 1 aromatic rings. The van der Waals surface area contributed by atoms with Crippen molar-refractivity contribution in [2.75, 3.05) is 25.2 Å². The maximum absolute atomic E-state index is 5.99. The number of nitrogens with zero attached hydrogens (tertiary/aromatic N) is 2. The summed E-state index contributed by atoms with van der Waals surface area (Å²) in [5.74, 6) is 1.21. The monoisotopic (exact) mass is 276 g/mol. The van der Waals surface area contributed by atoms with Crippen LogP contribution in [0.2, 0.25) is 5.02 Å². The van der Waals surface area contributed by atoms with Crippen molar-refractivity contribution in [3.8, 4) is 0 Å². The molecule has 17 heavy (non-hydrogen) atoms. The molecule has 0 saturated heterocycles. The van der Waals surface area contributed by atoms with Crippen LogP contribution < -0.4 is 4.90 Å². The van der Waals surface area contributed by atoms with Crippen molar-refractivity contribution >= 4 is 29.0 Å². The zero-order chi connectivity index (χ0) is 12.8. The second kappa shape index (κ2) is 7.04. The minimum atomic E-state index is 0.322. The first-order chi connectivity index (χ1) is 8.10. The molecule has 0 spiro atoms. The highest BCUT2D eigenvalue weighted by atomic mass is 35.5. The zero-order valence-corrected chi connectivity index (χ0v) is 11.9. The first kappa shape index (κ1) is 14.6. The molecule has 0 aromatic carbocycles. The SMILES string of the molecule is COCCN(c1ccc(Cl)c(CCl)n1)C(C)C. The molecule has 1 heterocycles. The summed E-state index contributed by atoms with van der Waals surface area (Å²) in [6.07, 6.45) is 0. The van der Waals surface area contributed by atoms with E-state index in [0.717, 1.165) is 12.4 Å². The van der Waals surface area contributed by atoms with Gasteiger partial charge in [0.15, 0.2) is 0 Å². The van der Waals surface area contributed by atoms with Crippen molar-refractivity contribution in [3.05, 3.63) is 22.8 Å². The van der Waals surface area contributed by atoms with Gasteiger partial charge in [-0.25, -0.2) is 4.98 Å². The Morgan fingerprint density at radius 3 is 2.65 bits per heavy atom. The van der Waals surface area contributed by atoms with Crippen LogP contribution in [0.15, 0.2) is 12.1 Å². The number of rotatable bonds is 6. The summed E-state index contributed by atoms with van der Waals surface area (Å²) in [7, 11) is 1.69. The van der Waals surface area contributed by atoms with Crippen LogP contribution in [0.4, 0.5) is 5.82 Å². The van der Waals surface area contributed by atoms with Crippen molar-refractivity contribution in [1.82, 2.24) is 4.98 Å². The Hall–Kier alpha value is -0.510. The van der Waals surface area contributed by atoms with Gasteiger partial charge in [-0.15, -0.1) is 11.6 Å². The number of ether oxygens (including phenoxy) is 1. The largest absolute Gasteiger partial charge is 0.383 e. The molecule has 0 N–H and O–H groups in total. The minimum absolute atomic E-state index is 0.322. The standard InChI is InChI=1S/C12H18Cl2N2O/c1-9(2)16(6-7-17-3)12-5-4-10(14)11(8-13)15-12/h4-5,9H,6-8H2,1-3H3. The Morgan fingerprint density at radius 2 is 2.12 bits per heavy atom. The summed E-state index contributed by atoms with van der Waals surface area (Å²) in [6, 6.07) is 4.10. The molecule has 0 amide bonds. The van der Waals surface area contributed by atoms with E-state index >= 15 is 0 Å². The molecule has 1 aromatic heterocycles. The molecule has 0 aliphatic heterocycles. The van der Waals surface area contributed by atoms with Crippen molar-refractivity contribution in [2.45, 2.75) is 25.8 Å². The predicted molar refractivity (Wildman–Crippen MR) is 73.2 cm³/mol. The van der Waals surface area contributed by atoms with Crippen LogP contribution in [-0.4, -0.2) is 31.3 Å². The Morgan fingerprint density at radius 1 is 1.41 bits per heavy atom. The van der Waals surface area contributed by atoms with Crippen molar-refractivity contribution in [3.63, 3.8) is 0 Å². The molecule has 0 saturated carbocycles. The molecule has 0 radical (unpaired) electrons. The summed E-state index contributed by atoms with van der Waals surface area (Å²) in [6.45, 7) is 5.70. The number of alkyl halides is 1. The summed E-state index contributed by atoms with van der Waals surface area (Å²) in [5.41, 5.74) is 0.717. The molecule has 5 heteroatoms. The Balaban J connectivity index is 2.93. The zero-order valence-electron chi connectivity index (χ0n) is 10.4. The highest BCUT2D eigenvalue weighted by molar-refractivity contribution is 6.32. The molecule has 0 aliphatic rings. The normalized spacial score (nSPS) is 10.9. The van der Waals surface area contributed by atoms with Gasteiger partial charge < -0.3 is 9.64 Å². The van der Waals surface area contributed by atoms with Crippen LogP contribution in [0.25, 0.3) is 0 Å². The lowest BCUT2D eigenvalue weighted by Gasteiger charge is -2.28. The van der Waals surface area contributed by atoms with E-state index in [-0.39, 0.29) is 0 Å². The molecule has 96 valence electrons. The Labute approximate surface area is 113 Å². The van der Waals surface area contributed by atoms with Gasteiger partial charge in [-0.2, -0.15) is 0 Å². The van der Waals surface area contributed by atoms with Crippen LogP contribution in [0, 0.1) is 0 Å². The second-order valence-corrected chi connectivity index (χ2v) is 4.69. The highest BCUT2D eigenvalue weighted by Gasteiger charge is 2.13. The van der Waals surface area contributed by atoms with Crippen LogP contribution in [-0.2, 0) is 10.6 Å². The number of pyridine rings is 1. The van der Waals surface area contributed by atoms with Gasteiger partial charge in [-0.05, 0) is 26.0 Å². The van der Waals surface area contributed by atoms with E-state index in [2.05, 4.69) is 23.7 Å². The van der Waals surface area contributed by atoms with Crippen LogP contribution >= 0.6 is 23.2 Å². The van der Waals surface area contributed by atoms with Crippen molar-refractivity contribution < 1.29 is 4.74 Å². The molecule has 0 fully saturated rings. The molecular weight excluding hydrogens is 259 g/mol. The van der Waals surface area contributed by atoms with Gasteiger partial charge in [-0.1, -0.05) is 11.6 Å². The fraction of sp³-hybridized carbons (Fsp3) is 0.583.